The minimum Gasteiger partial charge on any atom is -0.493 e. The van der Waals surface area contributed by atoms with Crippen molar-refractivity contribution >= 4 is 17.8 Å². The SMILES string of the molecule is CCCOc1ccccc1C(=O)N1CCNC(=O)[C@@H]1CC(=O)OC1CCCCC1. The van der Waals surface area contributed by atoms with Crippen LogP contribution in [0.3, 0.4) is 0 Å². The maximum atomic E-state index is 13.2. The Balaban J connectivity index is 1.71. The van der Waals surface area contributed by atoms with Crippen molar-refractivity contribution < 1.29 is 23.9 Å². The molecule has 7 heteroatoms. The average Bonchev–Trinajstić information content (AvgIpc) is 2.74. The summed E-state index contributed by atoms with van der Waals surface area (Å²) in [7, 11) is 0. The number of rotatable bonds is 7. The third-order valence-corrected chi connectivity index (χ3v) is 5.38. The number of hydrogen-bond acceptors (Lipinski definition) is 5. The highest BCUT2D eigenvalue weighted by Crippen LogP contribution is 2.24. The third kappa shape index (κ3) is 5.49. The van der Waals surface area contributed by atoms with Gasteiger partial charge in [0.05, 0.1) is 18.6 Å². The summed E-state index contributed by atoms with van der Waals surface area (Å²) < 4.78 is 11.3. The second-order valence-electron chi connectivity index (χ2n) is 7.60. The van der Waals surface area contributed by atoms with Gasteiger partial charge in [-0.25, -0.2) is 0 Å². The van der Waals surface area contributed by atoms with E-state index in [-0.39, 0.29) is 24.3 Å². The molecule has 29 heavy (non-hydrogen) atoms. The fourth-order valence-corrected chi connectivity index (χ4v) is 3.87. The summed E-state index contributed by atoms with van der Waals surface area (Å²) in [4.78, 5) is 39.6. The highest BCUT2D eigenvalue weighted by molar-refractivity contribution is 6.01. The van der Waals surface area contributed by atoms with Gasteiger partial charge in [-0.15, -0.1) is 0 Å². The lowest BCUT2D eigenvalue weighted by atomic mass is 9.98. The van der Waals surface area contributed by atoms with Crippen LogP contribution in [0.2, 0.25) is 0 Å². The molecule has 1 atom stereocenters. The lowest BCUT2D eigenvalue weighted by Crippen LogP contribution is -2.58. The van der Waals surface area contributed by atoms with E-state index >= 15 is 0 Å². The van der Waals surface area contributed by atoms with Crippen LogP contribution in [0.1, 0.15) is 62.2 Å². The number of esters is 1. The van der Waals surface area contributed by atoms with Gasteiger partial charge in [0.2, 0.25) is 5.91 Å². The predicted octanol–water partition coefficient (Wildman–Crippen LogP) is 2.68. The van der Waals surface area contributed by atoms with Crippen LogP contribution in [-0.2, 0) is 14.3 Å². The number of amides is 2. The molecule has 2 amide bonds. The molecule has 1 saturated heterocycles. The quantitative estimate of drug-likeness (QED) is 0.709. The molecule has 158 valence electrons. The lowest BCUT2D eigenvalue weighted by Gasteiger charge is -2.35. The monoisotopic (exact) mass is 402 g/mol. The number of benzene rings is 1. The van der Waals surface area contributed by atoms with Gasteiger partial charge in [0.25, 0.3) is 5.91 Å². The molecule has 0 radical (unpaired) electrons. The topological polar surface area (TPSA) is 84.9 Å². The largest absolute Gasteiger partial charge is 0.493 e. The molecule has 1 aliphatic carbocycles. The van der Waals surface area contributed by atoms with Gasteiger partial charge in [-0.05, 0) is 44.2 Å². The number of nitrogens with zero attached hydrogens (tertiary/aromatic N) is 1. The van der Waals surface area contributed by atoms with Crippen LogP contribution >= 0.6 is 0 Å². The van der Waals surface area contributed by atoms with Gasteiger partial charge in [-0.2, -0.15) is 0 Å². The van der Waals surface area contributed by atoms with Gasteiger partial charge in [0.1, 0.15) is 17.9 Å². The van der Waals surface area contributed by atoms with E-state index in [2.05, 4.69) is 5.32 Å². The fourth-order valence-electron chi connectivity index (χ4n) is 3.87. The zero-order valence-electron chi connectivity index (χ0n) is 17.0. The first-order valence-electron chi connectivity index (χ1n) is 10.6. The van der Waals surface area contributed by atoms with Gasteiger partial charge >= 0.3 is 5.97 Å². The number of carbonyl (C=O) groups excluding carboxylic acids is 3. The first kappa shape index (κ1) is 21.1. The van der Waals surface area contributed by atoms with Crippen molar-refractivity contribution in [2.24, 2.45) is 0 Å². The van der Waals surface area contributed by atoms with Crippen LogP contribution in [0.4, 0.5) is 0 Å². The molecule has 7 nitrogen and oxygen atoms in total. The molecule has 2 fully saturated rings. The summed E-state index contributed by atoms with van der Waals surface area (Å²) in [6.07, 6.45) is 5.63. The van der Waals surface area contributed by atoms with E-state index in [9.17, 15) is 14.4 Å². The van der Waals surface area contributed by atoms with Crippen LogP contribution in [0.5, 0.6) is 5.75 Å². The van der Waals surface area contributed by atoms with Crippen molar-refractivity contribution in [1.82, 2.24) is 10.2 Å². The number of carbonyl (C=O) groups is 3. The van der Waals surface area contributed by atoms with Crippen LogP contribution in [0.15, 0.2) is 24.3 Å². The zero-order valence-corrected chi connectivity index (χ0v) is 17.0. The Morgan fingerprint density at radius 3 is 2.69 bits per heavy atom. The standard InChI is InChI=1S/C22H30N2O5/c1-2-14-28-19-11-7-6-10-17(19)22(27)24-13-12-23-21(26)18(24)15-20(25)29-16-8-4-3-5-9-16/h6-7,10-11,16,18H,2-5,8-9,12-15H2,1H3,(H,23,26)/t18-/m0/s1. The molecule has 0 unspecified atom stereocenters. The van der Waals surface area contributed by atoms with Crippen molar-refractivity contribution in [3.05, 3.63) is 29.8 Å². The van der Waals surface area contributed by atoms with E-state index in [1.165, 1.54) is 11.3 Å². The Kier molecular flexibility index (Phi) is 7.49. The summed E-state index contributed by atoms with van der Waals surface area (Å²) in [5.41, 5.74) is 0.404. The second-order valence-corrected chi connectivity index (χ2v) is 7.60. The summed E-state index contributed by atoms with van der Waals surface area (Å²) in [6.45, 7) is 3.19. The summed E-state index contributed by atoms with van der Waals surface area (Å²) >= 11 is 0. The van der Waals surface area contributed by atoms with E-state index in [0.717, 1.165) is 32.1 Å². The molecule has 3 rings (SSSR count). The fraction of sp³-hybridized carbons (Fsp3) is 0.591. The molecule has 1 aromatic carbocycles. The Morgan fingerprint density at radius 2 is 1.93 bits per heavy atom. The van der Waals surface area contributed by atoms with Crippen molar-refractivity contribution in [2.75, 3.05) is 19.7 Å². The molecule has 2 aliphatic rings. The Labute approximate surface area is 171 Å². The van der Waals surface area contributed by atoms with Gasteiger partial charge < -0.3 is 19.7 Å². The van der Waals surface area contributed by atoms with Gasteiger partial charge in [0.15, 0.2) is 0 Å². The third-order valence-electron chi connectivity index (χ3n) is 5.38. The number of para-hydroxylation sites is 1. The highest BCUT2D eigenvalue weighted by Gasteiger charge is 2.37. The number of nitrogens with one attached hydrogen (secondary N) is 1. The maximum absolute atomic E-state index is 13.2. The first-order valence-corrected chi connectivity index (χ1v) is 10.6. The van der Waals surface area contributed by atoms with Crippen molar-refractivity contribution in [3.8, 4) is 5.75 Å². The lowest BCUT2D eigenvalue weighted by molar-refractivity contribution is -0.153. The predicted molar refractivity (Wildman–Crippen MR) is 108 cm³/mol. The minimum absolute atomic E-state index is 0.0739. The number of ether oxygens (including phenoxy) is 2. The van der Waals surface area contributed by atoms with E-state index in [1.54, 1.807) is 18.2 Å². The van der Waals surface area contributed by atoms with Crippen LogP contribution in [-0.4, -0.2) is 54.5 Å². The van der Waals surface area contributed by atoms with Crippen molar-refractivity contribution in [2.45, 2.75) is 64.0 Å². The Bertz CT molecular complexity index is 730. The smallest absolute Gasteiger partial charge is 0.308 e. The normalized spacial score (nSPS) is 20.1. The van der Waals surface area contributed by atoms with E-state index in [1.807, 2.05) is 13.0 Å². The molecular formula is C22H30N2O5. The molecule has 1 heterocycles. The maximum Gasteiger partial charge on any atom is 0.308 e. The number of piperazine rings is 1. The number of hydrogen-bond donors (Lipinski definition) is 1. The molecular weight excluding hydrogens is 372 g/mol. The Morgan fingerprint density at radius 1 is 1.17 bits per heavy atom. The molecule has 0 aromatic heterocycles. The van der Waals surface area contributed by atoms with E-state index in [4.69, 9.17) is 9.47 Å². The van der Waals surface area contributed by atoms with Crippen LogP contribution in [0.25, 0.3) is 0 Å². The van der Waals surface area contributed by atoms with Gasteiger partial charge in [0, 0.05) is 13.1 Å². The second kappa shape index (κ2) is 10.3. The van der Waals surface area contributed by atoms with E-state index < -0.39 is 12.0 Å². The molecule has 0 bridgehead atoms. The van der Waals surface area contributed by atoms with Gasteiger partial charge in [-0.1, -0.05) is 25.5 Å². The Hall–Kier alpha value is -2.57. The highest BCUT2D eigenvalue weighted by atomic mass is 16.5. The molecule has 0 spiro atoms. The van der Waals surface area contributed by atoms with Gasteiger partial charge in [-0.3, -0.25) is 14.4 Å². The summed E-state index contributed by atoms with van der Waals surface area (Å²) in [5, 5.41) is 2.75. The van der Waals surface area contributed by atoms with E-state index in [0.29, 0.717) is 31.0 Å². The molecule has 1 N–H and O–H groups in total. The molecule has 1 saturated carbocycles. The van der Waals surface area contributed by atoms with Crippen LogP contribution in [0, 0.1) is 0 Å². The average molecular weight is 402 g/mol. The minimum atomic E-state index is -0.869. The summed E-state index contributed by atoms with van der Waals surface area (Å²) in [6, 6.07) is 6.15. The van der Waals surface area contributed by atoms with Crippen LogP contribution < -0.4 is 10.1 Å². The molecule has 1 aromatic rings. The summed E-state index contributed by atoms with van der Waals surface area (Å²) in [5.74, 6) is -0.555. The van der Waals surface area contributed by atoms with Crippen molar-refractivity contribution in [3.63, 3.8) is 0 Å². The molecule has 1 aliphatic heterocycles. The zero-order chi connectivity index (χ0) is 20.6. The first-order chi connectivity index (χ1) is 14.1. The van der Waals surface area contributed by atoms with Crippen molar-refractivity contribution in [1.29, 1.82) is 0 Å².